The molecule has 1 saturated carbocycles. The molecule has 1 aromatic rings. The Balaban J connectivity index is 2.41. The van der Waals surface area contributed by atoms with Crippen LogP contribution < -0.4 is 10.5 Å². The van der Waals surface area contributed by atoms with E-state index in [9.17, 15) is 5.11 Å². The van der Waals surface area contributed by atoms with Crippen molar-refractivity contribution < 1.29 is 9.84 Å². The molecular formula is C12H16ClNO2. The number of hydrogen-bond donors (Lipinski definition) is 2. The third-order valence-corrected chi connectivity index (χ3v) is 3.55. The zero-order valence-electron chi connectivity index (χ0n) is 9.51. The predicted molar refractivity (Wildman–Crippen MR) is 64.3 cm³/mol. The van der Waals surface area contributed by atoms with Crippen LogP contribution in [-0.4, -0.2) is 17.8 Å². The van der Waals surface area contributed by atoms with Crippen LogP contribution >= 0.6 is 11.6 Å². The van der Waals surface area contributed by atoms with Gasteiger partial charge in [0.1, 0.15) is 0 Å². The smallest absolute Gasteiger partial charge is 0.165 e. The van der Waals surface area contributed by atoms with Gasteiger partial charge in [-0.3, -0.25) is 0 Å². The normalized spacial score (nSPS) is 17.2. The molecule has 3 nitrogen and oxygen atoms in total. The first-order valence-electron chi connectivity index (χ1n) is 5.31. The molecule has 0 spiro atoms. The van der Waals surface area contributed by atoms with Crippen molar-refractivity contribution in [3.8, 4) is 11.5 Å². The largest absolute Gasteiger partial charge is 0.504 e. The number of aromatic hydroxyl groups is 1. The quantitative estimate of drug-likeness (QED) is 0.855. The monoisotopic (exact) mass is 241 g/mol. The van der Waals surface area contributed by atoms with Gasteiger partial charge in [0.2, 0.25) is 0 Å². The van der Waals surface area contributed by atoms with Gasteiger partial charge in [-0.2, -0.15) is 0 Å². The third-order valence-electron chi connectivity index (χ3n) is 3.16. The highest BCUT2D eigenvalue weighted by Gasteiger charge is 2.39. The summed E-state index contributed by atoms with van der Waals surface area (Å²) in [5.41, 5.74) is 7.41. The maximum atomic E-state index is 10.0. The van der Waals surface area contributed by atoms with Gasteiger partial charge < -0.3 is 15.6 Å². The van der Waals surface area contributed by atoms with E-state index in [0.717, 1.165) is 24.0 Å². The van der Waals surface area contributed by atoms with Crippen molar-refractivity contribution in [3.05, 3.63) is 22.2 Å². The molecule has 0 aromatic heterocycles. The Labute approximate surface area is 100 Å². The van der Waals surface area contributed by atoms with Gasteiger partial charge in [-0.05, 0) is 32.3 Å². The summed E-state index contributed by atoms with van der Waals surface area (Å²) in [6.07, 6.45) is 2.65. The highest BCUT2D eigenvalue weighted by atomic mass is 35.5. The zero-order chi connectivity index (χ0) is 11.9. The first-order chi connectivity index (χ1) is 7.47. The molecule has 1 fully saturated rings. The first kappa shape index (κ1) is 11.6. The van der Waals surface area contributed by atoms with Crippen molar-refractivity contribution in [3.63, 3.8) is 0 Å². The summed E-state index contributed by atoms with van der Waals surface area (Å²) in [5, 5.41) is 10.7. The van der Waals surface area contributed by atoms with Gasteiger partial charge >= 0.3 is 0 Å². The molecule has 2 rings (SSSR count). The lowest BCUT2D eigenvalue weighted by Crippen LogP contribution is -2.24. The molecule has 0 radical (unpaired) electrons. The molecule has 0 atom stereocenters. The molecule has 1 aliphatic carbocycles. The topological polar surface area (TPSA) is 55.5 Å². The van der Waals surface area contributed by atoms with Gasteiger partial charge in [0.25, 0.3) is 0 Å². The van der Waals surface area contributed by atoms with Crippen LogP contribution in [0.5, 0.6) is 11.5 Å². The number of phenols is 1. The second kappa shape index (κ2) is 3.82. The lowest BCUT2D eigenvalue weighted by atomic mass is 10.0. The molecule has 0 saturated heterocycles. The number of hydrogen-bond acceptors (Lipinski definition) is 3. The van der Waals surface area contributed by atoms with Gasteiger partial charge in [0, 0.05) is 21.7 Å². The summed E-state index contributed by atoms with van der Waals surface area (Å²) in [5.74, 6) is 0.618. The van der Waals surface area contributed by atoms with E-state index in [1.54, 1.807) is 6.07 Å². The molecule has 1 aliphatic rings. The number of ether oxygens (including phenoxy) is 1. The van der Waals surface area contributed by atoms with Crippen LogP contribution in [0.15, 0.2) is 6.07 Å². The summed E-state index contributed by atoms with van der Waals surface area (Å²) in [6, 6.07) is 1.78. The van der Waals surface area contributed by atoms with E-state index in [1.807, 2.05) is 6.92 Å². The van der Waals surface area contributed by atoms with E-state index in [4.69, 9.17) is 22.1 Å². The minimum Gasteiger partial charge on any atom is -0.504 e. The van der Waals surface area contributed by atoms with Crippen molar-refractivity contribution >= 4 is 11.6 Å². The van der Waals surface area contributed by atoms with Crippen LogP contribution in [0, 0.1) is 6.92 Å². The Kier molecular flexibility index (Phi) is 2.76. The number of phenolic OH excluding ortho intramolecular Hbond substituents is 1. The minimum atomic E-state index is -0.152. The Hall–Kier alpha value is -0.930. The number of benzene rings is 1. The van der Waals surface area contributed by atoms with Gasteiger partial charge in [-0.15, -0.1) is 0 Å². The first-order valence-corrected chi connectivity index (χ1v) is 5.68. The van der Waals surface area contributed by atoms with Gasteiger partial charge in [0.05, 0.1) is 7.11 Å². The fourth-order valence-corrected chi connectivity index (χ4v) is 2.08. The van der Waals surface area contributed by atoms with Crippen molar-refractivity contribution in [2.75, 3.05) is 7.11 Å². The molecule has 88 valence electrons. The third kappa shape index (κ3) is 1.97. The van der Waals surface area contributed by atoms with Crippen LogP contribution in [0.3, 0.4) is 0 Å². The Bertz CT molecular complexity index is 428. The summed E-state index contributed by atoms with van der Waals surface area (Å²) in [4.78, 5) is 0. The van der Waals surface area contributed by atoms with E-state index < -0.39 is 0 Å². The molecule has 1 aromatic carbocycles. The van der Waals surface area contributed by atoms with E-state index >= 15 is 0 Å². The van der Waals surface area contributed by atoms with Crippen molar-refractivity contribution in [2.24, 2.45) is 5.73 Å². The zero-order valence-corrected chi connectivity index (χ0v) is 10.3. The second-order valence-electron chi connectivity index (χ2n) is 4.56. The van der Waals surface area contributed by atoms with E-state index in [1.165, 1.54) is 7.11 Å². The SMILES string of the molecule is COc1c(C)c(Cl)cc(CC2(N)CC2)c1O. The summed E-state index contributed by atoms with van der Waals surface area (Å²) < 4.78 is 5.16. The minimum absolute atomic E-state index is 0.152. The van der Waals surface area contributed by atoms with E-state index in [0.29, 0.717) is 17.2 Å². The fourth-order valence-electron chi connectivity index (χ4n) is 1.86. The van der Waals surface area contributed by atoms with Crippen LogP contribution in [0.1, 0.15) is 24.0 Å². The molecule has 0 unspecified atom stereocenters. The maximum absolute atomic E-state index is 10.0. The van der Waals surface area contributed by atoms with Crippen molar-refractivity contribution in [1.29, 1.82) is 0 Å². The highest BCUT2D eigenvalue weighted by molar-refractivity contribution is 6.31. The number of methoxy groups -OCH3 is 1. The molecule has 0 bridgehead atoms. The summed E-state index contributed by atoms with van der Waals surface area (Å²) >= 11 is 6.09. The highest BCUT2D eigenvalue weighted by Crippen LogP contribution is 2.43. The summed E-state index contributed by atoms with van der Waals surface area (Å²) in [6.45, 7) is 1.82. The molecule has 3 N–H and O–H groups in total. The van der Waals surface area contributed by atoms with E-state index in [2.05, 4.69) is 0 Å². The maximum Gasteiger partial charge on any atom is 0.165 e. The number of rotatable bonds is 3. The Morgan fingerprint density at radius 1 is 1.56 bits per heavy atom. The second-order valence-corrected chi connectivity index (χ2v) is 4.97. The van der Waals surface area contributed by atoms with Crippen molar-refractivity contribution in [1.82, 2.24) is 0 Å². The lowest BCUT2D eigenvalue weighted by Gasteiger charge is -2.15. The van der Waals surface area contributed by atoms with Crippen LogP contribution in [0.25, 0.3) is 0 Å². The molecular weight excluding hydrogens is 226 g/mol. The number of halogens is 1. The molecule has 0 heterocycles. The Morgan fingerprint density at radius 2 is 2.19 bits per heavy atom. The average Bonchev–Trinajstić information content (AvgIpc) is 2.94. The van der Waals surface area contributed by atoms with Crippen LogP contribution in [0.4, 0.5) is 0 Å². The van der Waals surface area contributed by atoms with Gasteiger partial charge in [-0.1, -0.05) is 11.6 Å². The average molecular weight is 242 g/mol. The van der Waals surface area contributed by atoms with Gasteiger partial charge in [0.15, 0.2) is 11.5 Å². The lowest BCUT2D eigenvalue weighted by molar-refractivity contribution is 0.367. The number of nitrogens with two attached hydrogens (primary N) is 1. The van der Waals surface area contributed by atoms with E-state index in [-0.39, 0.29) is 11.3 Å². The fraction of sp³-hybridized carbons (Fsp3) is 0.500. The predicted octanol–water partition coefficient (Wildman–Crippen LogP) is 2.40. The van der Waals surface area contributed by atoms with Crippen molar-refractivity contribution in [2.45, 2.75) is 31.7 Å². The standard InChI is InChI=1S/C12H16ClNO2/c1-7-9(13)5-8(6-12(14)3-4-12)10(15)11(7)16-2/h5,15H,3-4,6,14H2,1-2H3. The van der Waals surface area contributed by atoms with Crippen LogP contribution in [0.2, 0.25) is 5.02 Å². The van der Waals surface area contributed by atoms with Gasteiger partial charge in [-0.25, -0.2) is 0 Å². The molecule has 4 heteroatoms. The molecule has 16 heavy (non-hydrogen) atoms. The molecule has 0 aliphatic heterocycles. The molecule has 0 amide bonds. The van der Waals surface area contributed by atoms with Crippen LogP contribution in [-0.2, 0) is 6.42 Å². The Morgan fingerprint density at radius 3 is 2.69 bits per heavy atom. The summed E-state index contributed by atoms with van der Waals surface area (Å²) in [7, 11) is 1.53.